The third-order valence-corrected chi connectivity index (χ3v) is 3.87. The van der Waals surface area contributed by atoms with Gasteiger partial charge in [0.05, 0.1) is 12.2 Å². The Bertz CT molecular complexity index is 1030. The van der Waals surface area contributed by atoms with E-state index in [-0.39, 0.29) is 19.0 Å². The van der Waals surface area contributed by atoms with Gasteiger partial charge in [-0.1, -0.05) is 12.1 Å². The smallest absolute Gasteiger partial charge is 0.354 e. The molecule has 0 bridgehead atoms. The number of rotatable bonds is 6. The van der Waals surface area contributed by atoms with Gasteiger partial charge in [-0.15, -0.1) is 0 Å². The number of nitrogens with one attached hydrogen (secondary N) is 2. The summed E-state index contributed by atoms with van der Waals surface area (Å²) < 4.78 is 1.44. The zero-order valence-electron chi connectivity index (χ0n) is 14.3. The normalized spacial score (nSPS) is 11.9. The molecule has 0 aliphatic heterocycles. The number of carbonyl (C=O) groups is 1. The molecule has 1 amide bonds. The minimum Gasteiger partial charge on any atom is -0.381 e. The molecule has 0 saturated carbocycles. The molecule has 0 radical (unpaired) electrons. The van der Waals surface area contributed by atoms with E-state index in [2.05, 4.69) is 20.3 Å². The number of aromatic amines is 1. The lowest BCUT2D eigenvalue weighted by molar-refractivity contribution is -0.128. The molecule has 3 aromatic rings. The molecular weight excluding hydrogens is 350 g/mol. The van der Waals surface area contributed by atoms with E-state index >= 15 is 0 Å². The van der Waals surface area contributed by atoms with Crippen LogP contribution in [0.1, 0.15) is 5.56 Å². The highest BCUT2D eigenvalue weighted by atomic mass is 16.3. The van der Waals surface area contributed by atoms with Crippen molar-refractivity contribution in [2.45, 2.75) is 12.6 Å². The van der Waals surface area contributed by atoms with Crippen molar-refractivity contribution in [1.29, 1.82) is 0 Å². The lowest BCUT2D eigenvalue weighted by Gasteiger charge is -2.10. The molecule has 2 heterocycles. The largest absolute Gasteiger partial charge is 0.381 e. The van der Waals surface area contributed by atoms with Crippen molar-refractivity contribution in [2.24, 2.45) is 16.5 Å². The Hall–Kier alpha value is -3.66. The Balaban J connectivity index is 1.66. The van der Waals surface area contributed by atoms with Gasteiger partial charge >= 0.3 is 5.69 Å². The number of carbonyl (C=O) groups excluding carboxylic acids is 1. The first-order valence-electron chi connectivity index (χ1n) is 8.11. The second-order valence-electron chi connectivity index (χ2n) is 5.84. The van der Waals surface area contributed by atoms with E-state index in [4.69, 9.17) is 11.5 Å². The molecule has 140 valence electrons. The quantitative estimate of drug-likeness (QED) is 0.275. The van der Waals surface area contributed by atoms with Crippen molar-refractivity contribution < 1.29 is 9.90 Å². The van der Waals surface area contributed by atoms with Crippen molar-refractivity contribution in [3.63, 3.8) is 0 Å². The van der Waals surface area contributed by atoms with E-state index in [0.29, 0.717) is 11.3 Å². The van der Waals surface area contributed by atoms with Gasteiger partial charge in [-0.25, -0.2) is 4.79 Å². The molecule has 0 fully saturated rings. The number of nitrogens with zero attached hydrogens (tertiary/aromatic N) is 3. The third-order valence-electron chi connectivity index (χ3n) is 3.87. The summed E-state index contributed by atoms with van der Waals surface area (Å²) in [6.45, 7) is 0.00659. The van der Waals surface area contributed by atoms with E-state index in [1.807, 2.05) is 6.07 Å². The van der Waals surface area contributed by atoms with Crippen molar-refractivity contribution >= 4 is 22.9 Å². The Morgan fingerprint density at radius 2 is 2.04 bits per heavy atom. The predicted octanol–water partition coefficient (Wildman–Crippen LogP) is -1.04. The molecule has 0 saturated heterocycles. The molecule has 1 atom stereocenters. The number of aromatic nitrogens is 3. The molecule has 10 nitrogen and oxygen atoms in total. The van der Waals surface area contributed by atoms with Gasteiger partial charge in [0.1, 0.15) is 5.65 Å². The molecule has 3 rings (SSSR count). The monoisotopic (exact) mass is 369 g/mol. The van der Waals surface area contributed by atoms with Gasteiger partial charge in [-0.3, -0.25) is 14.4 Å². The Kier molecular flexibility index (Phi) is 5.18. The number of guanidine groups is 1. The van der Waals surface area contributed by atoms with Crippen molar-refractivity contribution in [3.05, 3.63) is 58.8 Å². The average molecular weight is 369 g/mol. The van der Waals surface area contributed by atoms with E-state index in [1.165, 1.54) is 4.57 Å². The SMILES string of the molecule is NC(N)=NCC(O)C(=O)NCc1ccc(-n2cc3cc[nH]c3nc2=O)cc1. The van der Waals surface area contributed by atoms with Crippen LogP contribution < -0.4 is 22.5 Å². The molecule has 27 heavy (non-hydrogen) atoms. The third kappa shape index (κ3) is 4.30. The zero-order chi connectivity index (χ0) is 19.4. The molecule has 1 unspecified atom stereocenters. The zero-order valence-corrected chi connectivity index (χ0v) is 14.3. The summed E-state index contributed by atoms with van der Waals surface area (Å²) in [5.41, 5.74) is 11.9. The minimum atomic E-state index is -1.33. The number of aliphatic imine (C=N–C) groups is 1. The van der Waals surface area contributed by atoms with Crippen LogP contribution >= 0.6 is 0 Å². The van der Waals surface area contributed by atoms with Crippen LogP contribution in [0.2, 0.25) is 0 Å². The number of H-pyrrole nitrogens is 1. The summed E-state index contributed by atoms with van der Waals surface area (Å²) in [6, 6.07) is 8.87. The molecule has 0 spiro atoms. The number of aliphatic hydroxyl groups excluding tert-OH is 1. The number of hydrogen-bond donors (Lipinski definition) is 5. The van der Waals surface area contributed by atoms with Crippen LogP contribution in [0.15, 0.2) is 52.5 Å². The number of nitrogens with two attached hydrogens (primary N) is 2. The molecule has 10 heteroatoms. The highest BCUT2D eigenvalue weighted by Crippen LogP contribution is 2.11. The molecule has 2 aromatic heterocycles. The predicted molar refractivity (Wildman–Crippen MR) is 100 cm³/mol. The number of aliphatic hydroxyl groups is 1. The highest BCUT2D eigenvalue weighted by molar-refractivity contribution is 5.81. The molecule has 0 aliphatic carbocycles. The molecular formula is C17H19N7O3. The first-order valence-corrected chi connectivity index (χ1v) is 8.11. The standard InChI is InChI=1S/C17H19N7O3/c18-16(19)22-8-13(25)15(26)21-7-10-1-3-12(4-2-10)24-9-11-5-6-20-14(11)23-17(24)27/h1-6,9,13,25H,7-8H2,(H,21,26)(H4,18,19,22)(H,20,23,27). The summed E-state index contributed by atoms with van der Waals surface area (Å²) in [5, 5.41) is 13.1. The number of amides is 1. The van der Waals surface area contributed by atoms with Gasteiger partial charge in [0.15, 0.2) is 12.1 Å². The number of fused-ring (bicyclic) bond motifs is 1. The lowest BCUT2D eigenvalue weighted by Crippen LogP contribution is -2.37. The Labute approximate surface area is 153 Å². The lowest BCUT2D eigenvalue weighted by atomic mass is 10.2. The van der Waals surface area contributed by atoms with Crippen molar-refractivity contribution in [1.82, 2.24) is 19.9 Å². The fourth-order valence-electron chi connectivity index (χ4n) is 2.46. The average Bonchev–Trinajstić information content (AvgIpc) is 3.11. The van der Waals surface area contributed by atoms with Gasteiger partial charge in [0.25, 0.3) is 5.91 Å². The van der Waals surface area contributed by atoms with E-state index in [0.717, 1.165) is 10.9 Å². The minimum absolute atomic E-state index is 0.194. The fourth-order valence-corrected chi connectivity index (χ4v) is 2.46. The maximum absolute atomic E-state index is 12.1. The van der Waals surface area contributed by atoms with Crippen molar-refractivity contribution in [2.75, 3.05) is 6.54 Å². The second kappa shape index (κ2) is 7.70. The maximum atomic E-state index is 12.1. The van der Waals surface area contributed by atoms with Crippen LogP contribution in [0.4, 0.5) is 0 Å². The molecule has 1 aromatic carbocycles. The number of benzene rings is 1. The molecule has 0 aliphatic rings. The van der Waals surface area contributed by atoms with E-state index in [9.17, 15) is 14.7 Å². The summed E-state index contributed by atoms with van der Waals surface area (Å²) in [7, 11) is 0. The summed E-state index contributed by atoms with van der Waals surface area (Å²) >= 11 is 0. The van der Waals surface area contributed by atoms with Gasteiger partial charge in [0.2, 0.25) is 0 Å². The Morgan fingerprint density at radius 1 is 1.30 bits per heavy atom. The van der Waals surface area contributed by atoms with Crippen LogP contribution in [0.3, 0.4) is 0 Å². The fraction of sp³-hybridized carbons (Fsp3) is 0.176. The molecule has 7 N–H and O–H groups in total. The summed E-state index contributed by atoms with van der Waals surface area (Å²) in [4.78, 5) is 34.4. The van der Waals surface area contributed by atoms with Crippen molar-refractivity contribution in [3.8, 4) is 5.69 Å². The highest BCUT2D eigenvalue weighted by Gasteiger charge is 2.14. The van der Waals surface area contributed by atoms with Crippen LogP contribution in [0.25, 0.3) is 16.7 Å². The first-order chi connectivity index (χ1) is 12.9. The summed E-state index contributed by atoms with van der Waals surface area (Å²) in [5.74, 6) is -0.776. The van der Waals surface area contributed by atoms with Gasteiger partial charge < -0.3 is 26.9 Å². The van der Waals surface area contributed by atoms with Gasteiger partial charge in [-0.05, 0) is 23.8 Å². The van der Waals surface area contributed by atoms with Crippen LogP contribution in [0, 0.1) is 0 Å². The topological polar surface area (TPSA) is 164 Å². The van der Waals surface area contributed by atoms with Crippen LogP contribution in [-0.4, -0.2) is 44.2 Å². The van der Waals surface area contributed by atoms with E-state index < -0.39 is 17.7 Å². The maximum Gasteiger partial charge on any atom is 0.354 e. The van der Waals surface area contributed by atoms with Crippen LogP contribution in [-0.2, 0) is 11.3 Å². The van der Waals surface area contributed by atoms with Gasteiger partial charge in [0, 0.05) is 24.3 Å². The first kappa shape index (κ1) is 18.1. The summed E-state index contributed by atoms with van der Waals surface area (Å²) in [6.07, 6.45) is 2.09. The Morgan fingerprint density at radius 3 is 2.74 bits per heavy atom. The van der Waals surface area contributed by atoms with Crippen LogP contribution in [0.5, 0.6) is 0 Å². The van der Waals surface area contributed by atoms with E-state index in [1.54, 1.807) is 36.7 Å². The van der Waals surface area contributed by atoms with Gasteiger partial charge in [-0.2, -0.15) is 4.98 Å². The number of hydrogen-bond acceptors (Lipinski definition) is 5. The second-order valence-corrected chi connectivity index (χ2v) is 5.84.